The molecule has 1 heterocycles. The van der Waals surface area contributed by atoms with E-state index in [-0.39, 0.29) is 23.8 Å². The maximum Gasteiger partial charge on any atom is 0.272 e. The average molecular weight is 358 g/mol. The van der Waals surface area contributed by atoms with Gasteiger partial charge >= 0.3 is 0 Å². The van der Waals surface area contributed by atoms with Crippen LogP contribution in [0.25, 0.3) is 0 Å². The van der Waals surface area contributed by atoms with Gasteiger partial charge in [-0.05, 0) is 56.4 Å². The second kappa shape index (κ2) is 7.05. The van der Waals surface area contributed by atoms with E-state index >= 15 is 0 Å². The summed E-state index contributed by atoms with van der Waals surface area (Å²) in [5, 5.41) is 10.5. The van der Waals surface area contributed by atoms with Crippen molar-refractivity contribution in [2.45, 2.75) is 57.9 Å². The molecule has 2 N–H and O–H groups in total. The summed E-state index contributed by atoms with van der Waals surface area (Å²) >= 11 is 0. The molecule has 142 valence electrons. The Morgan fingerprint density at radius 2 is 2.04 bits per heavy atom. The predicted molar refractivity (Wildman–Crippen MR) is 98.5 cm³/mol. The van der Waals surface area contributed by atoms with Crippen molar-refractivity contribution in [2.24, 2.45) is 30.7 Å². The van der Waals surface area contributed by atoms with E-state index in [1.54, 1.807) is 10.7 Å². The zero-order valence-corrected chi connectivity index (χ0v) is 15.8. The molecule has 1 aromatic rings. The first-order valence-corrected chi connectivity index (χ1v) is 10.1. The molecule has 3 saturated carbocycles. The Bertz CT molecular complexity index is 674. The molecule has 26 heavy (non-hydrogen) atoms. The smallest absolute Gasteiger partial charge is 0.272 e. The van der Waals surface area contributed by atoms with Gasteiger partial charge in [0.15, 0.2) is 0 Å². The van der Waals surface area contributed by atoms with Crippen molar-refractivity contribution in [1.29, 1.82) is 0 Å². The van der Waals surface area contributed by atoms with Gasteiger partial charge in [0.25, 0.3) is 5.91 Å². The van der Waals surface area contributed by atoms with E-state index < -0.39 is 0 Å². The molecule has 4 rings (SSSR count). The first kappa shape index (κ1) is 17.6. The summed E-state index contributed by atoms with van der Waals surface area (Å²) in [6.45, 7) is 2.47. The monoisotopic (exact) mass is 358 g/mol. The van der Waals surface area contributed by atoms with Crippen LogP contribution in [-0.2, 0) is 11.8 Å². The van der Waals surface area contributed by atoms with E-state index in [0.29, 0.717) is 24.1 Å². The minimum absolute atomic E-state index is 0.0102. The molecule has 2 amide bonds. The summed E-state index contributed by atoms with van der Waals surface area (Å²) < 4.78 is 1.71. The number of aryl methyl sites for hydroxylation is 2. The maximum absolute atomic E-state index is 12.6. The Kier molecular flexibility index (Phi) is 4.76. The number of nitrogens with zero attached hydrogens (tertiary/aromatic N) is 2. The lowest BCUT2D eigenvalue weighted by Gasteiger charge is -2.47. The molecule has 3 aliphatic carbocycles. The van der Waals surface area contributed by atoms with Gasteiger partial charge in [-0.1, -0.05) is 19.3 Å². The van der Waals surface area contributed by atoms with Crippen molar-refractivity contribution in [3.05, 3.63) is 17.5 Å². The van der Waals surface area contributed by atoms with E-state index in [1.165, 1.54) is 25.7 Å². The Morgan fingerprint density at radius 1 is 1.27 bits per heavy atom. The van der Waals surface area contributed by atoms with Crippen LogP contribution in [0.15, 0.2) is 6.07 Å². The van der Waals surface area contributed by atoms with Crippen LogP contribution in [-0.4, -0.2) is 34.2 Å². The number of carbonyl (C=O) groups is 2. The number of hydrogen-bond donors (Lipinski definition) is 2. The molecule has 3 aliphatic rings. The van der Waals surface area contributed by atoms with Gasteiger partial charge in [-0.15, -0.1) is 0 Å². The summed E-state index contributed by atoms with van der Waals surface area (Å²) in [5.74, 6) is 2.12. The molecule has 6 nitrogen and oxygen atoms in total. The van der Waals surface area contributed by atoms with Crippen LogP contribution in [0.5, 0.6) is 0 Å². The predicted octanol–water partition coefficient (Wildman–Crippen LogP) is 2.18. The summed E-state index contributed by atoms with van der Waals surface area (Å²) in [4.78, 5) is 25.1. The highest BCUT2D eigenvalue weighted by molar-refractivity contribution is 5.92. The summed E-state index contributed by atoms with van der Waals surface area (Å²) in [6.07, 6.45) is 8.42. The highest BCUT2D eigenvalue weighted by atomic mass is 16.2. The lowest BCUT2D eigenvalue weighted by atomic mass is 9.58. The van der Waals surface area contributed by atoms with Crippen LogP contribution in [0, 0.1) is 30.6 Å². The van der Waals surface area contributed by atoms with Crippen molar-refractivity contribution < 1.29 is 9.59 Å². The van der Waals surface area contributed by atoms with Gasteiger partial charge in [0.2, 0.25) is 5.91 Å². The Morgan fingerprint density at radius 3 is 2.69 bits per heavy atom. The van der Waals surface area contributed by atoms with Crippen LogP contribution in [0.3, 0.4) is 0 Å². The Balaban J connectivity index is 1.30. The zero-order chi connectivity index (χ0) is 18.3. The third kappa shape index (κ3) is 3.51. The fourth-order valence-electron chi connectivity index (χ4n) is 4.75. The molecule has 0 radical (unpaired) electrons. The number of nitrogens with one attached hydrogen (secondary N) is 2. The quantitative estimate of drug-likeness (QED) is 0.818. The van der Waals surface area contributed by atoms with E-state index in [0.717, 1.165) is 30.9 Å². The number of amides is 2. The summed E-state index contributed by atoms with van der Waals surface area (Å²) in [5.41, 5.74) is 1.41. The van der Waals surface area contributed by atoms with Crippen LogP contribution in [0.4, 0.5) is 0 Å². The summed E-state index contributed by atoms with van der Waals surface area (Å²) in [7, 11) is 1.84. The zero-order valence-electron chi connectivity index (χ0n) is 15.8. The van der Waals surface area contributed by atoms with Crippen LogP contribution in [0.2, 0.25) is 0 Å². The minimum atomic E-state index is -0.143. The van der Waals surface area contributed by atoms with Gasteiger partial charge in [-0.2, -0.15) is 5.10 Å². The molecule has 0 spiro atoms. The summed E-state index contributed by atoms with van der Waals surface area (Å²) in [6, 6.07) is 1.81. The first-order valence-electron chi connectivity index (χ1n) is 10.1. The molecule has 0 aliphatic heterocycles. The standard InChI is InChI=1S/C20H30N4O2/c1-12-9-17(23-24(12)2)20(26)22-18(13-7-8-13)11-21-19(25)16-10-14-5-3-4-6-15(14)16/h9,13-16,18H,3-8,10-11H2,1-2H3,(H,21,25)(H,22,26)/t14-,15-,16+,18?/m0/s1. The SMILES string of the molecule is Cc1cc(C(=O)NC(CNC(=O)[C@@H]2C[C@@H]3CCCC[C@@H]32)C2CC2)nn1C. The molecule has 1 aromatic heterocycles. The van der Waals surface area contributed by atoms with Crippen LogP contribution >= 0.6 is 0 Å². The Labute approximate surface area is 155 Å². The molecular formula is C20H30N4O2. The molecular weight excluding hydrogens is 328 g/mol. The van der Waals surface area contributed by atoms with Gasteiger partial charge in [0, 0.05) is 31.2 Å². The van der Waals surface area contributed by atoms with Gasteiger partial charge in [0.1, 0.15) is 5.69 Å². The highest BCUT2D eigenvalue weighted by Gasteiger charge is 2.45. The average Bonchev–Trinajstić information content (AvgIpc) is 3.38. The lowest BCUT2D eigenvalue weighted by Crippen LogP contribution is -2.51. The maximum atomic E-state index is 12.6. The minimum Gasteiger partial charge on any atom is -0.354 e. The van der Waals surface area contributed by atoms with E-state index in [9.17, 15) is 9.59 Å². The lowest BCUT2D eigenvalue weighted by molar-refractivity contribution is -0.135. The third-order valence-electron chi connectivity index (χ3n) is 6.73. The Hall–Kier alpha value is -1.85. The largest absolute Gasteiger partial charge is 0.354 e. The molecule has 6 heteroatoms. The van der Waals surface area contributed by atoms with Gasteiger partial charge in [-0.3, -0.25) is 14.3 Å². The second-order valence-electron chi connectivity index (χ2n) is 8.51. The van der Waals surface area contributed by atoms with E-state index in [2.05, 4.69) is 15.7 Å². The molecule has 3 fully saturated rings. The number of hydrogen-bond acceptors (Lipinski definition) is 3. The van der Waals surface area contributed by atoms with Crippen molar-refractivity contribution in [1.82, 2.24) is 20.4 Å². The highest BCUT2D eigenvalue weighted by Crippen LogP contribution is 2.49. The molecule has 0 bridgehead atoms. The van der Waals surface area contributed by atoms with Crippen molar-refractivity contribution in [3.8, 4) is 0 Å². The van der Waals surface area contributed by atoms with Crippen molar-refractivity contribution >= 4 is 11.8 Å². The molecule has 0 saturated heterocycles. The van der Waals surface area contributed by atoms with Crippen LogP contribution < -0.4 is 10.6 Å². The number of carbonyl (C=O) groups excluding carboxylic acids is 2. The number of aromatic nitrogens is 2. The number of fused-ring (bicyclic) bond motifs is 1. The van der Waals surface area contributed by atoms with E-state index in [4.69, 9.17) is 0 Å². The first-order chi connectivity index (χ1) is 12.5. The normalized spacial score (nSPS) is 28.6. The molecule has 1 unspecified atom stereocenters. The topological polar surface area (TPSA) is 76.0 Å². The molecule has 0 aromatic carbocycles. The van der Waals surface area contributed by atoms with Crippen molar-refractivity contribution in [2.75, 3.05) is 6.54 Å². The van der Waals surface area contributed by atoms with Gasteiger partial charge in [-0.25, -0.2) is 0 Å². The number of rotatable bonds is 6. The second-order valence-corrected chi connectivity index (χ2v) is 8.51. The van der Waals surface area contributed by atoms with E-state index in [1.807, 2.05) is 14.0 Å². The third-order valence-corrected chi connectivity index (χ3v) is 6.73. The van der Waals surface area contributed by atoms with Gasteiger partial charge in [0.05, 0.1) is 0 Å². The van der Waals surface area contributed by atoms with Crippen LogP contribution in [0.1, 0.15) is 61.1 Å². The van der Waals surface area contributed by atoms with Gasteiger partial charge < -0.3 is 10.6 Å². The molecule has 4 atom stereocenters. The fraction of sp³-hybridized carbons (Fsp3) is 0.750. The van der Waals surface area contributed by atoms with Crippen molar-refractivity contribution in [3.63, 3.8) is 0 Å². The fourth-order valence-corrected chi connectivity index (χ4v) is 4.75.